The fourth-order valence-corrected chi connectivity index (χ4v) is 2.66. The molecule has 23 heavy (non-hydrogen) atoms. The summed E-state index contributed by atoms with van der Waals surface area (Å²) in [7, 11) is 0. The molecule has 0 saturated heterocycles. The maximum atomic E-state index is 10.4. The van der Waals surface area contributed by atoms with Gasteiger partial charge in [0.1, 0.15) is 5.75 Å². The standard InChI is InChI=1S/C19H19NO2.ClH/c20-19(18(22)10-13-4-2-1-3-5-13)16-7-6-15-12-17(21)9-8-14(15)11-16;/h1-9,11-12,18-19,21-22H,10,20H2;1H/t18-,19+;/m1./s1. The molecule has 4 N–H and O–H groups in total. The van der Waals surface area contributed by atoms with E-state index in [2.05, 4.69) is 0 Å². The lowest BCUT2D eigenvalue weighted by molar-refractivity contribution is 0.145. The Morgan fingerprint density at radius 1 is 0.870 bits per heavy atom. The van der Waals surface area contributed by atoms with Crippen LogP contribution in [0.4, 0.5) is 0 Å². The first kappa shape index (κ1) is 17.3. The van der Waals surface area contributed by atoms with Crippen LogP contribution in [-0.2, 0) is 6.42 Å². The molecule has 0 aliphatic heterocycles. The quantitative estimate of drug-likeness (QED) is 0.685. The van der Waals surface area contributed by atoms with Gasteiger partial charge in [0.05, 0.1) is 12.1 Å². The van der Waals surface area contributed by atoms with Gasteiger partial charge in [-0.15, -0.1) is 12.4 Å². The minimum Gasteiger partial charge on any atom is -0.508 e. The number of benzene rings is 3. The maximum absolute atomic E-state index is 10.4. The molecule has 0 amide bonds. The number of fused-ring (bicyclic) bond motifs is 1. The Kier molecular flexibility index (Phi) is 5.61. The van der Waals surface area contributed by atoms with Crippen molar-refractivity contribution in [2.75, 3.05) is 0 Å². The van der Waals surface area contributed by atoms with Gasteiger partial charge in [-0.05, 0) is 40.1 Å². The van der Waals surface area contributed by atoms with E-state index in [9.17, 15) is 10.2 Å². The van der Waals surface area contributed by atoms with Crippen molar-refractivity contribution >= 4 is 23.2 Å². The summed E-state index contributed by atoms with van der Waals surface area (Å²) in [6.07, 6.45) is -0.118. The van der Waals surface area contributed by atoms with Crippen LogP contribution in [-0.4, -0.2) is 16.3 Å². The van der Waals surface area contributed by atoms with Gasteiger partial charge in [0, 0.05) is 6.42 Å². The summed E-state index contributed by atoms with van der Waals surface area (Å²) in [5.41, 5.74) is 8.16. The summed E-state index contributed by atoms with van der Waals surface area (Å²) < 4.78 is 0. The fraction of sp³-hybridized carbons (Fsp3) is 0.158. The summed E-state index contributed by atoms with van der Waals surface area (Å²) in [4.78, 5) is 0. The summed E-state index contributed by atoms with van der Waals surface area (Å²) in [6.45, 7) is 0. The summed E-state index contributed by atoms with van der Waals surface area (Å²) in [5, 5.41) is 21.8. The van der Waals surface area contributed by atoms with E-state index in [4.69, 9.17) is 5.73 Å². The number of aliphatic hydroxyl groups excluding tert-OH is 1. The van der Waals surface area contributed by atoms with Gasteiger partial charge in [-0.1, -0.05) is 48.5 Å². The van der Waals surface area contributed by atoms with Crippen molar-refractivity contribution in [2.24, 2.45) is 5.73 Å². The maximum Gasteiger partial charge on any atom is 0.116 e. The molecule has 0 aliphatic rings. The van der Waals surface area contributed by atoms with Crippen molar-refractivity contribution in [1.29, 1.82) is 0 Å². The van der Waals surface area contributed by atoms with Gasteiger partial charge in [-0.2, -0.15) is 0 Å². The molecule has 120 valence electrons. The molecule has 0 spiro atoms. The first-order valence-corrected chi connectivity index (χ1v) is 7.34. The molecule has 0 aliphatic carbocycles. The van der Waals surface area contributed by atoms with Crippen molar-refractivity contribution in [1.82, 2.24) is 0 Å². The Balaban J connectivity index is 0.00000192. The van der Waals surface area contributed by atoms with Gasteiger partial charge in [-0.3, -0.25) is 0 Å². The molecule has 0 bridgehead atoms. The lowest BCUT2D eigenvalue weighted by Gasteiger charge is -2.20. The van der Waals surface area contributed by atoms with E-state index >= 15 is 0 Å². The van der Waals surface area contributed by atoms with Crippen molar-refractivity contribution in [3.63, 3.8) is 0 Å². The number of aliphatic hydroxyl groups is 1. The van der Waals surface area contributed by atoms with Crippen LogP contribution in [0.25, 0.3) is 10.8 Å². The van der Waals surface area contributed by atoms with Gasteiger partial charge in [-0.25, -0.2) is 0 Å². The molecule has 2 atom stereocenters. The van der Waals surface area contributed by atoms with E-state index in [0.29, 0.717) is 6.42 Å². The van der Waals surface area contributed by atoms with E-state index in [1.54, 1.807) is 12.1 Å². The van der Waals surface area contributed by atoms with Gasteiger partial charge in [0.15, 0.2) is 0 Å². The van der Waals surface area contributed by atoms with E-state index in [-0.39, 0.29) is 18.2 Å². The second-order valence-electron chi connectivity index (χ2n) is 5.57. The van der Waals surface area contributed by atoms with Crippen LogP contribution in [0.2, 0.25) is 0 Å². The van der Waals surface area contributed by atoms with Gasteiger partial charge < -0.3 is 15.9 Å². The molecule has 0 saturated carbocycles. The Bertz CT molecular complexity index is 777. The molecule has 0 heterocycles. The highest BCUT2D eigenvalue weighted by Gasteiger charge is 2.17. The highest BCUT2D eigenvalue weighted by atomic mass is 35.5. The van der Waals surface area contributed by atoms with Gasteiger partial charge in [0.2, 0.25) is 0 Å². The predicted molar refractivity (Wildman–Crippen MR) is 95.9 cm³/mol. The summed E-state index contributed by atoms with van der Waals surface area (Å²) in [6, 6.07) is 20.4. The Morgan fingerprint density at radius 3 is 2.26 bits per heavy atom. The zero-order valence-corrected chi connectivity index (χ0v) is 13.4. The molecule has 0 aromatic heterocycles. The van der Waals surface area contributed by atoms with Crippen LogP contribution >= 0.6 is 12.4 Å². The van der Waals surface area contributed by atoms with Crippen LogP contribution in [0.3, 0.4) is 0 Å². The van der Waals surface area contributed by atoms with Crippen molar-refractivity contribution in [3.8, 4) is 5.75 Å². The Hall–Kier alpha value is -2.07. The third-order valence-corrected chi connectivity index (χ3v) is 3.93. The molecule has 0 radical (unpaired) electrons. The van der Waals surface area contributed by atoms with Crippen LogP contribution < -0.4 is 5.73 Å². The number of phenols is 1. The molecule has 3 aromatic carbocycles. The topological polar surface area (TPSA) is 66.5 Å². The number of hydrogen-bond acceptors (Lipinski definition) is 3. The lowest BCUT2D eigenvalue weighted by Crippen LogP contribution is -2.28. The molecule has 0 unspecified atom stereocenters. The average Bonchev–Trinajstić information content (AvgIpc) is 2.54. The van der Waals surface area contributed by atoms with E-state index in [1.165, 1.54) is 0 Å². The largest absolute Gasteiger partial charge is 0.508 e. The molecule has 0 fully saturated rings. The number of aromatic hydroxyl groups is 1. The highest BCUT2D eigenvalue weighted by Crippen LogP contribution is 2.25. The number of rotatable bonds is 4. The van der Waals surface area contributed by atoms with Crippen LogP contribution in [0.1, 0.15) is 17.2 Å². The summed E-state index contributed by atoms with van der Waals surface area (Å²) >= 11 is 0. The van der Waals surface area contributed by atoms with E-state index < -0.39 is 12.1 Å². The summed E-state index contributed by atoms with van der Waals surface area (Å²) in [5.74, 6) is 0.244. The third kappa shape index (κ3) is 4.02. The first-order valence-electron chi connectivity index (χ1n) is 7.34. The molecule has 3 nitrogen and oxygen atoms in total. The minimum absolute atomic E-state index is 0. The molecular formula is C19H20ClNO2. The van der Waals surface area contributed by atoms with Crippen LogP contribution in [0, 0.1) is 0 Å². The Morgan fingerprint density at radius 2 is 1.52 bits per heavy atom. The van der Waals surface area contributed by atoms with Gasteiger partial charge >= 0.3 is 0 Å². The smallest absolute Gasteiger partial charge is 0.116 e. The van der Waals surface area contributed by atoms with Crippen LogP contribution in [0.15, 0.2) is 66.7 Å². The first-order chi connectivity index (χ1) is 10.6. The fourth-order valence-electron chi connectivity index (χ4n) is 2.66. The molecule has 3 rings (SSSR count). The zero-order chi connectivity index (χ0) is 15.5. The zero-order valence-electron chi connectivity index (χ0n) is 12.6. The second-order valence-corrected chi connectivity index (χ2v) is 5.57. The third-order valence-electron chi connectivity index (χ3n) is 3.93. The molecule has 3 aromatic rings. The van der Waals surface area contributed by atoms with Crippen molar-refractivity contribution in [2.45, 2.75) is 18.6 Å². The monoisotopic (exact) mass is 329 g/mol. The number of phenolic OH excluding ortho intramolecular Hbond substituents is 1. The van der Waals surface area contributed by atoms with Gasteiger partial charge in [0.25, 0.3) is 0 Å². The van der Waals surface area contributed by atoms with Crippen LogP contribution in [0.5, 0.6) is 5.75 Å². The van der Waals surface area contributed by atoms with Crippen molar-refractivity contribution < 1.29 is 10.2 Å². The molecule has 4 heteroatoms. The second kappa shape index (κ2) is 7.47. The molecular weight excluding hydrogens is 310 g/mol. The normalized spacial score (nSPS) is 13.3. The number of hydrogen-bond donors (Lipinski definition) is 3. The SMILES string of the molecule is Cl.N[C@@H](c1ccc2cc(O)ccc2c1)[C@H](O)Cc1ccccc1. The average molecular weight is 330 g/mol. The lowest BCUT2D eigenvalue weighted by atomic mass is 9.95. The van der Waals surface area contributed by atoms with Crippen molar-refractivity contribution in [3.05, 3.63) is 77.9 Å². The van der Waals surface area contributed by atoms with E-state index in [0.717, 1.165) is 21.9 Å². The number of halogens is 1. The Labute approximate surface area is 141 Å². The minimum atomic E-state index is -0.642. The predicted octanol–water partition coefficient (Wildman–Crippen LogP) is 3.57. The number of nitrogens with two attached hydrogens (primary N) is 1. The highest BCUT2D eigenvalue weighted by molar-refractivity contribution is 5.85. The van der Waals surface area contributed by atoms with E-state index in [1.807, 2.05) is 54.6 Å².